The average Bonchev–Trinajstić information content (AvgIpc) is 2.53. The lowest BCUT2D eigenvalue weighted by Gasteiger charge is -2.19. The lowest BCUT2D eigenvalue weighted by molar-refractivity contribution is 0.300. The summed E-state index contributed by atoms with van der Waals surface area (Å²) in [6.07, 6.45) is 2.86. The quantitative estimate of drug-likeness (QED) is 0.749. The summed E-state index contributed by atoms with van der Waals surface area (Å²) in [6, 6.07) is 10.1. The Morgan fingerprint density at radius 3 is 2.26 bits per heavy atom. The Balaban J connectivity index is 2.36. The predicted molar refractivity (Wildman–Crippen MR) is 96.2 cm³/mol. The second-order valence-electron chi connectivity index (χ2n) is 6.29. The number of aromatic hydroxyl groups is 1. The summed E-state index contributed by atoms with van der Waals surface area (Å²) >= 11 is 0. The number of allylic oxidation sites excluding steroid dienone is 2. The molecule has 0 aromatic heterocycles. The van der Waals surface area contributed by atoms with Crippen LogP contribution in [0.1, 0.15) is 41.7 Å². The molecule has 122 valence electrons. The Hall–Kier alpha value is -2.22. The third-order valence-electron chi connectivity index (χ3n) is 4.28. The van der Waals surface area contributed by atoms with Gasteiger partial charge in [0.15, 0.2) is 0 Å². The molecule has 2 aromatic rings. The van der Waals surface area contributed by atoms with Gasteiger partial charge in [-0.25, -0.2) is 0 Å². The summed E-state index contributed by atoms with van der Waals surface area (Å²) in [5.41, 5.74) is 6.28. The van der Waals surface area contributed by atoms with Gasteiger partial charge in [0.2, 0.25) is 0 Å². The zero-order valence-electron chi connectivity index (χ0n) is 14.7. The monoisotopic (exact) mass is 310 g/mol. The number of hydrogen-bond acceptors (Lipinski definition) is 2. The summed E-state index contributed by atoms with van der Waals surface area (Å²) in [6.45, 7) is 10.7. The molecule has 0 bridgehead atoms. The second kappa shape index (κ2) is 7.36. The van der Waals surface area contributed by atoms with E-state index in [1.165, 1.54) is 5.57 Å². The molecule has 0 aliphatic rings. The van der Waals surface area contributed by atoms with Crippen molar-refractivity contribution >= 4 is 0 Å². The van der Waals surface area contributed by atoms with Crippen molar-refractivity contribution in [3.05, 3.63) is 69.8 Å². The topological polar surface area (TPSA) is 29.5 Å². The van der Waals surface area contributed by atoms with Crippen LogP contribution in [0, 0.1) is 20.8 Å². The highest BCUT2D eigenvalue weighted by Gasteiger charge is 2.17. The maximum atomic E-state index is 10.5. The Morgan fingerprint density at radius 1 is 1.00 bits per heavy atom. The van der Waals surface area contributed by atoms with Crippen molar-refractivity contribution in [3.8, 4) is 11.5 Å². The maximum Gasteiger partial charge on any atom is 0.126 e. The minimum absolute atomic E-state index is 0.393. The van der Waals surface area contributed by atoms with Gasteiger partial charge < -0.3 is 9.84 Å². The summed E-state index contributed by atoms with van der Waals surface area (Å²) in [5, 5.41) is 10.5. The van der Waals surface area contributed by atoms with Crippen LogP contribution in [-0.2, 0) is 13.0 Å². The Labute approximate surface area is 139 Å². The van der Waals surface area contributed by atoms with Crippen molar-refractivity contribution in [2.24, 2.45) is 0 Å². The molecule has 0 saturated heterocycles. The second-order valence-corrected chi connectivity index (χ2v) is 6.29. The highest BCUT2D eigenvalue weighted by molar-refractivity contribution is 5.58. The van der Waals surface area contributed by atoms with E-state index < -0.39 is 0 Å². The van der Waals surface area contributed by atoms with E-state index in [4.69, 9.17) is 4.74 Å². The van der Waals surface area contributed by atoms with E-state index in [0.29, 0.717) is 12.4 Å². The first-order valence-electron chi connectivity index (χ1n) is 8.03. The molecule has 0 spiro atoms. The number of rotatable bonds is 5. The van der Waals surface area contributed by atoms with E-state index in [0.717, 1.165) is 40.0 Å². The van der Waals surface area contributed by atoms with E-state index in [2.05, 4.69) is 32.1 Å². The number of phenols is 1. The van der Waals surface area contributed by atoms with Crippen LogP contribution in [0.5, 0.6) is 11.5 Å². The van der Waals surface area contributed by atoms with Crippen molar-refractivity contribution in [1.29, 1.82) is 0 Å². The van der Waals surface area contributed by atoms with E-state index in [-0.39, 0.29) is 0 Å². The van der Waals surface area contributed by atoms with E-state index in [1.54, 1.807) is 0 Å². The molecule has 2 heteroatoms. The maximum absolute atomic E-state index is 10.5. The van der Waals surface area contributed by atoms with Crippen LogP contribution in [0.3, 0.4) is 0 Å². The third-order valence-corrected chi connectivity index (χ3v) is 4.28. The first-order valence-corrected chi connectivity index (χ1v) is 8.03. The van der Waals surface area contributed by atoms with Crippen molar-refractivity contribution in [2.75, 3.05) is 0 Å². The van der Waals surface area contributed by atoms with Gasteiger partial charge >= 0.3 is 0 Å². The molecule has 0 amide bonds. The summed E-state index contributed by atoms with van der Waals surface area (Å²) < 4.78 is 6.11. The first kappa shape index (κ1) is 17.1. The molecule has 0 radical (unpaired) electrons. The standard InChI is InChI=1S/C21H26O2/c1-14(2)11-12-19-17(5)21(16(4)15(3)20(19)22)23-13-18-9-7-6-8-10-18/h6-11,22H,12-13H2,1-5H3. The Morgan fingerprint density at radius 2 is 1.65 bits per heavy atom. The molecule has 0 fully saturated rings. The van der Waals surface area contributed by atoms with Gasteiger partial charge in [-0.3, -0.25) is 0 Å². The lowest BCUT2D eigenvalue weighted by atomic mass is 9.95. The zero-order valence-corrected chi connectivity index (χ0v) is 14.7. The number of phenolic OH excluding ortho intramolecular Hbond substituents is 1. The van der Waals surface area contributed by atoms with Gasteiger partial charge in [0.1, 0.15) is 18.1 Å². The molecule has 0 atom stereocenters. The molecule has 2 rings (SSSR count). The molecule has 1 N–H and O–H groups in total. The molecule has 0 unspecified atom stereocenters. The smallest absolute Gasteiger partial charge is 0.126 e. The molecule has 0 saturated carbocycles. The lowest BCUT2D eigenvalue weighted by Crippen LogP contribution is -2.03. The summed E-state index contributed by atoms with van der Waals surface area (Å²) in [4.78, 5) is 0. The molecule has 0 aliphatic heterocycles. The van der Waals surface area contributed by atoms with Crippen LogP contribution in [0.4, 0.5) is 0 Å². The van der Waals surface area contributed by atoms with Gasteiger partial charge in [-0.2, -0.15) is 0 Å². The Kier molecular flexibility index (Phi) is 5.49. The van der Waals surface area contributed by atoms with Gasteiger partial charge in [-0.05, 0) is 63.3 Å². The SMILES string of the molecule is CC(C)=CCc1c(C)c(OCc2ccccc2)c(C)c(C)c1O. The van der Waals surface area contributed by atoms with Crippen LogP contribution in [0.2, 0.25) is 0 Å². The molecular formula is C21H26O2. The number of ether oxygens (including phenoxy) is 1. The van der Waals surface area contributed by atoms with Crippen molar-refractivity contribution in [3.63, 3.8) is 0 Å². The molecule has 0 heterocycles. The van der Waals surface area contributed by atoms with Crippen molar-refractivity contribution in [1.82, 2.24) is 0 Å². The van der Waals surface area contributed by atoms with Gasteiger partial charge in [-0.1, -0.05) is 42.0 Å². The minimum Gasteiger partial charge on any atom is -0.507 e. The molecule has 2 nitrogen and oxygen atoms in total. The fourth-order valence-electron chi connectivity index (χ4n) is 2.67. The predicted octanol–water partition coefficient (Wildman–Crippen LogP) is 5.41. The normalized spacial score (nSPS) is 10.5. The van der Waals surface area contributed by atoms with Crippen LogP contribution in [0.15, 0.2) is 42.0 Å². The van der Waals surface area contributed by atoms with Gasteiger partial charge in [-0.15, -0.1) is 0 Å². The van der Waals surface area contributed by atoms with E-state index in [1.807, 2.05) is 39.0 Å². The fourth-order valence-corrected chi connectivity index (χ4v) is 2.67. The van der Waals surface area contributed by atoms with Crippen molar-refractivity contribution in [2.45, 2.75) is 47.6 Å². The number of hydrogen-bond donors (Lipinski definition) is 1. The van der Waals surface area contributed by atoms with Gasteiger partial charge in [0.05, 0.1) is 0 Å². The summed E-state index contributed by atoms with van der Waals surface area (Å²) in [7, 11) is 0. The van der Waals surface area contributed by atoms with Crippen LogP contribution in [-0.4, -0.2) is 5.11 Å². The van der Waals surface area contributed by atoms with Crippen molar-refractivity contribution < 1.29 is 9.84 Å². The van der Waals surface area contributed by atoms with Crippen LogP contribution >= 0.6 is 0 Å². The minimum atomic E-state index is 0.393. The molecular weight excluding hydrogens is 284 g/mol. The molecule has 23 heavy (non-hydrogen) atoms. The van der Waals surface area contributed by atoms with Gasteiger partial charge in [0.25, 0.3) is 0 Å². The van der Waals surface area contributed by atoms with Gasteiger partial charge in [0, 0.05) is 5.56 Å². The highest BCUT2D eigenvalue weighted by atomic mass is 16.5. The largest absolute Gasteiger partial charge is 0.507 e. The number of benzene rings is 2. The highest BCUT2D eigenvalue weighted by Crippen LogP contribution is 2.37. The molecule has 2 aromatic carbocycles. The van der Waals surface area contributed by atoms with E-state index >= 15 is 0 Å². The first-order chi connectivity index (χ1) is 10.9. The zero-order chi connectivity index (χ0) is 17.0. The third kappa shape index (κ3) is 3.95. The van der Waals surface area contributed by atoms with Crippen LogP contribution in [0.25, 0.3) is 0 Å². The van der Waals surface area contributed by atoms with Crippen LogP contribution < -0.4 is 4.74 Å². The van der Waals surface area contributed by atoms with E-state index in [9.17, 15) is 5.11 Å². The Bertz CT molecular complexity index is 709. The fraction of sp³-hybridized carbons (Fsp3) is 0.333. The summed E-state index contributed by atoms with van der Waals surface area (Å²) in [5.74, 6) is 1.28. The average molecular weight is 310 g/mol. The molecule has 0 aliphatic carbocycles.